The fourth-order valence-corrected chi connectivity index (χ4v) is 5.27. The smallest absolute Gasteiger partial charge is 0.163 e. The molecule has 0 unspecified atom stereocenters. The fraction of sp³-hybridized carbons (Fsp3) is 0.310. The Balaban J connectivity index is 1.66. The highest BCUT2D eigenvalue weighted by atomic mass is 16.8. The van der Waals surface area contributed by atoms with Gasteiger partial charge in [0.15, 0.2) is 5.79 Å². The molecule has 1 aliphatic heterocycles. The molecule has 4 atom stereocenters. The van der Waals surface area contributed by atoms with Gasteiger partial charge < -0.3 is 14.2 Å². The predicted octanol–water partition coefficient (Wildman–Crippen LogP) is 6.09. The standard InChI is InChI=1S/C29H30O3/c1-4-21-20-25(27-26(21)31-28(2,3)32-27)30-29(22-14-8-5-9-15-22,23-16-10-6-11-17-23)24-18-12-7-13-19-24/h4-19,21,25-27H,1,20H2,2-3H3/t21-,25-,26+,27-/m0/s1. The number of benzene rings is 3. The Morgan fingerprint density at radius 2 is 1.22 bits per heavy atom. The summed E-state index contributed by atoms with van der Waals surface area (Å²) in [6.07, 6.45) is 2.45. The Morgan fingerprint density at radius 3 is 1.66 bits per heavy atom. The summed E-state index contributed by atoms with van der Waals surface area (Å²) in [5.74, 6) is -0.445. The van der Waals surface area contributed by atoms with Crippen LogP contribution in [0.4, 0.5) is 0 Å². The Labute approximate surface area is 190 Å². The Morgan fingerprint density at radius 1 is 0.781 bits per heavy atom. The molecule has 2 fully saturated rings. The molecule has 5 rings (SSSR count). The molecule has 3 nitrogen and oxygen atoms in total. The van der Waals surface area contributed by atoms with Crippen molar-refractivity contribution in [1.29, 1.82) is 0 Å². The van der Waals surface area contributed by atoms with E-state index >= 15 is 0 Å². The summed E-state index contributed by atoms with van der Waals surface area (Å²) in [6, 6.07) is 31.4. The maximum atomic E-state index is 7.24. The maximum absolute atomic E-state index is 7.24. The molecule has 0 radical (unpaired) electrons. The maximum Gasteiger partial charge on any atom is 0.163 e. The van der Waals surface area contributed by atoms with Crippen molar-refractivity contribution in [3.05, 3.63) is 120 Å². The molecule has 3 aromatic carbocycles. The lowest BCUT2D eigenvalue weighted by Gasteiger charge is -2.39. The number of ether oxygens (including phenoxy) is 3. The molecule has 2 aliphatic rings. The molecular weight excluding hydrogens is 396 g/mol. The minimum Gasteiger partial charge on any atom is -0.355 e. The van der Waals surface area contributed by atoms with E-state index in [1.165, 1.54) is 0 Å². The van der Waals surface area contributed by atoms with Gasteiger partial charge in [0.1, 0.15) is 11.7 Å². The first-order chi connectivity index (χ1) is 15.5. The van der Waals surface area contributed by atoms with E-state index in [1.807, 2.05) is 38.1 Å². The van der Waals surface area contributed by atoms with Crippen molar-refractivity contribution >= 4 is 0 Å². The largest absolute Gasteiger partial charge is 0.355 e. The van der Waals surface area contributed by atoms with Crippen molar-refractivity contribution in [3.63, 3.8) is 0 Å². The number of rotatable bonds is 6. The van der Waals surface area contributed by atoms with E-state index in [9.17, 15) is 0 Å². The van der Waals surface area contributed by atoms with Crippen LogP contribution in [0.3, 0.4) is 0 Å². The zero-order valence-electron chi connectivity index (χ0n) is 18.7. The number of fused-ring (bicyclic) bond motifs is 1. The van der Waals surface area contributed by atoms with Crippen molar-refractivity contribution in [2.24, 2.45) is 5.92 Å². The molecule has 1 aliphatic carbocycles. The van der Waals surface area contributed by atoms with Crippen LogP contribution in [0, 0.1) is 5.92 Å². The third-order valence-corrected chi connectivity index (χ3v) is 6.63. The van der Waals surface area contributed by atoms with Gasteiger partial charge in [0.2, 0.25) is 0 Å². The van der Waals surface area contributed by atoms with E-state index in [0.717, 1.165) is 23.1 Å². The van der Waals surface area contributed by atoms with E-state index in [1.54, 1.807) is 0 Å². The fourth-order valence-electron chi connectivity index (χ4n) is 5.27. The van der Waals surface area contributed by atoms with E-state index < -0.39 is 11.4 Å². The predicted molar refractivity (Wildman–Crippen MR) is 126 cm³/mol. The van der Waals surface area contributed by atoms with E-state index in [0.29, 0.717) is 0 Å². The second-order valence-corrected chi connectivity index (χ2v) is 9.14. The first-order valence-corrected chi connectivity index (χ1v) is 11.4. The van der Waals surface area contributed by atoms with Crippen LogP contribution < -0.4 is 0 Å². The summed E-state index contributed by atoms with van der Waals surface area (Å²) in [7, 11) is 0. The van der Waals surface area contributed by atoms with Crippen LogP contribution >= 0.6 is 0 Å². The van der Waals surface area contributed by atoms with E-state index in [-0.39, 0.29) is 24.2 Å². The Kier molecular flexibility index (Phi) is 5.50. The molecule has 1 saturated heterocycles. The van der Waals surface area contributed by atoms with Crippen LogP contribution in [0.2, 0.25) is 0 Å². The molecule has 3 aromatic rings. The first-order valence-electron chi connectivity index (χ1n) is 11.4. The van der Waals surface area contributed by atoms with E-state index in [2.05, 4.69) is 79.4 Å². The van der Waals surface area contributed by atoms with Crippen molar-refractivity contribution < 1.29 is 14.2 Å². The normalized spacial score (nSPS) is 26.6. The Hall–Kier alpha value is -2.72. The summed E-state index contributed by atoms with van der Waals surface area (Å²) < 4.78 is 19.9. The molecule has 0 amide bonds. The van der Waals surface area contributed by atoms with Crippen molar-refractivity contribution in [1.82, 2.24) is 0 Å². The molecule has 0 aromatic heterocycles. The number of hydrogen-bond donors (Lipinski definition) is 0. The SMILES string of the molecule is C=C[C@H]1C[C@H](OC(c2ccccc2)(c2ccccc2)c2ccccc2)[C@@H]2OC(C)(C)O[C@@H]21. The summed E-state index contributed by atoms with van der Waals surface area (Å²) in [5, 5.41) is 0. The Bertz CT molecular complexity index is 949. The summed E-state index contributed by atoms with van der Waals surface area (Å²) in [4.78, 5) is 0. The van der Waals surface area contributed by atoms with Crippen LogP contribution in [0.25, 0.3) is 0 Å². The number of hydrogen-bond acceptors (Lipinski definition) is 3. The second-order valence-electron chi connectivity index (χ2n) is 9.14. The molecule has 1 heterocycles. The average Bonchev–Trinajstić information content (AvgIpc) is 3.32. The molecule has 1 saturated carbocycles. The minimum atomic E-state index is -0.773. The summed E-state index contributed by atoms with van der Waals surface area (Å²) >= 11 is 0. The molecule has 164 valence electrons. The lowest BCUT2D eigenvalue weighted by Crippen LogP contribution is -2.41. The van der Waals surface area contributed by atoms with Gasteiger partial charge >= 0.3 is 0 Å². The van der Waals surface area contributed by atoms with Crippen LogP contribution in [0.5, 0.6) is 0 Å². The zero-order chi connectivity index (χ0) is 22.2. The van der Waals surface area contributed by atoms with Crippen LogP contribution in [-0.4, -0.2) is 24.1 Å². The van der Waals surface area contributed by atoms with Gasteiger partial charge in [-0.3, -0.25) is 0 Å². The molecule has 32 heavy (non-hydrogen) atoms. The highest BCUT2D eigenvalue weighted by Crippen LogP contribution is 2.48. The third kappa shape index (κ3) is 3.61. The van der Waals surface area contributed by atoms with Crippen LogP contribution in [-0.2, 0) is 19.8 Å². The van der Waals surface area contributed by atoms with Crippen LogP contribution in [0.15, 0.2) is 104 Å². The monoisotopic (exact) mass is 426 g/mol. The van der Waals surface area contributed by atoms with Gasteiger partial charge in [-0.1, -0.05) is 97.1 Å². The van der Waals surface area contributed by atoms with Crippen LogP contribution in [0.1, 0.15) is 37.0 Å². The van der Waals surface area contributed by atoms with Crippen molar-refractivity contribution in [2.45, 2.75) is 50.0 Å². The quantitative estimate of drug-likeness (QED) is 0.353. The topological polar surface area (TPSA) is 27.7 Å². The van der Waals surface area contributed by atoms with Gasteiger partial charge in [0.25, 0.3) is 0 Å². The molecule has 0 N–H and O–H groups in total. The van der Waals surface area contributed by atoms with Gasteiger partial charge in [0.05, 0.1) is 12.2 Å². The van der Waals surface area contributed by atoms with Gasteiger partial charge in [-0.25, -0.2) is 0 Å². The first kappa shape index (κ1) is 21.1. The van der Waals surface area contributed by atoms with Gasteiger partial charge in [-0.2, -0.15) is 0 Å². The summed E-state index contributed by atoms with van der Waals surface area (Å²) in [6.45, 7) is 8.01. The molecule has 0 bridgehead atoms. The van der Waals surface area contributed by atoms with Crippen molar-refractivity contribution in [3.8, 4) is 0 Å². The summed E-state index contributed by atoms with van der Waals surface area (Å²) in [5.41, 5.74) is 2.50. The highest BCUT2D eigenvalue weighted by molar-refractivity contribution is 5.47. The minimum absolute atomic E-state index is 0.0486. The van der Waals surface area contributed by atoms with Crippen molar-refractivity contribution in [2.75, 3.05) is 0 Å². The molecular formula is C29H30O3. The highest BCUT2D eigenvalue weighted by Gasteiger charge is 2.56. The second kappa shape index (κ2) is 8.32. The van der Waals surface area contributed by atoms with E-state index in [4.69, 9.17) is 14.2 Å². The molecule has 0 spiro atoms. The average molecular weight is 427 g/mol. The lowest BCUT2D eigenvalue weighted by atomic mass is 9.79. The third-order valence-electron chi connectivity index (χ3n) is 6.63. The van der Waals surface area contributed by atoms with Gasteiger partial charge in [0, 0.05) is 5.92 Å². The van der Waals surface area contributed by atoms with Gasteiger partial charge in [-0.15, -0.1) is 6.58 Å². The lowest BCUT2D eigenvalue weighted by molar-refractivity contribution is -0.178. The molecule has 3 heteroatoms. The zero-order valence-corrected chi connectivity index (χ0v) is 18.7. The van der Waals surface area contributed by atoms with Gasteiger partial charge in [-0.05, 0) is 37.0 Å².